The summed E-state index contributed by atoms with van der Waals surface area (Å²) in [5.74, 6) is 0. The molecule has 0 radical (unpaired) electrons. The van der Waals surface area contributed by atoms with Crippen molar-refractivity contribution in [1.82, 2.24) is 4.98 Å². The van der Waals surface area contributed by atoms with Gasteiger partial charge in [-0.1, -0.05) is 192 Å². The zero-order chi connectivity index (χ0) is 63.0. The van der Waals surface area contributed by atoms with Crippen LogP contribution in [0.1, 0.15) is 61.2 Å². The van der Waals surface area contributed by atoms with E-state index in [1.807, 2.05) is 113 Å². The van der Waals surface area contributed by atoms with Crippen LogP contribution >= 0.6 is 7.60 Å². The minimum absolute atomic E-state index is 0.0524. The summed E-state index contributed by atoms with van der Waals surface area (Å²) >= 11 is 0. The van der Waals surface area contributed by atoms with Crippen LogP contribution in [0.5, 0.6) is 0 Å². The number of nitriles is 1. The fraction of sp³-hybridized carbons (Fsp3) is 0.132. The molecule has 0 bridgehead atoms. The number of nitrogens with zero attached hydrogens (tertiary/aromatic N) is 2. The summed E-state index contributed by atoms with van der Waals surface area (Å²) in [6.45, 7) is 20.8. The Balaban J connectivity index is 0.000000156. The van der Waals surface area contributed by atoms with E-state index in [4.69, 9.17) is 25.3 Å². The van der Waals surface area contributed by atoms with Crippen molar-refractivity contribution in [3.05, 3.63) is 298 Å². The Hall–Kier alpha value is -9.30. The van der Waals surface area contributed by atoms with Crippen LogP contribution in [-0.4, -0.2) is 27.7 Å². The van der Waals surface area contributed by atoms with Crippen LogP contribution in [-0.2, 0) is 14.7 Å². The van der Waals surface area contributed by atoms with Gasteiger partial charge in [0.2, 0.25) is 0 Å². The average molecular weight is 1190 g/mol. The number of rotatable bonds is 8. The Labute approximate surface area is 514 Å². The molecule has 0 aliphatic carbocycles. The van der Waals surface area contributed by atoms with Crippen molar-refractivity contribution < 1.29 is 27.3 Å². The molecule has 87 heavy (non-hydrogen) atoms. The lowest BCUT2D eigenvalue weighted by atomic mass is 9.96. The van der Waals surface area contributed by atoms with Gasteiger partial charge in [0.15, 0.2) is 0 Å². The molecule has 0 aliphatic heterocycles. The number of pyridine rings is 1. The van der Waals surface area contributed by atoms with E-state index in [9.17, 15) is 13.0 Å². The topological polar surface area (TPSA) is 175 Å². The molecule has 440 valence electrons. The van der Waals surface area contributed by atoms with E-state index in [1.54, 1.807) is 24.3 Å². The first-order valence-electron chi connectivity index (χ1n) is 28.3. The summed E-state index contributed by atoms with van der Waals surface area (Å²) in [4.78, 5) is 22.1. The third kappa shape index (κ3) is 18.6. The highest BCUT2D eigenvalue weighted by Crippen LogP contribution is 2.35. The predicted molar refractivity (Wildman–Crippen MR) is 361 cm³/mol. The number of nitrogens with two attached hydrogens (primary N) is 1. The quantitative estimate of drug-likeness (QED) is 0.0656. The molecule has 5 N–H and O–H groups in total. The monoisotopic (exact) mass is 1190 g/mol. The molecule has 9 nitrogen and oxygen atoms in total. The summed E-state index contributed by atoms with van der Waals surface area (Å²) in [7, 11) is -8.27. The van der Waals surface area contributed by atoms with Crippen molar-refractivity contribution in [2.75, 3.05) is 5.73 Å². The summed E-state index contributed by atoms with van der Waals surface area (Å²) in [5.41, 5.74) is 33.4. The van der Waals surface area contributed by atoms with Gasteiger partial charge in [0.25, 0.3) is 10.1 Å². The predicted octanol–water partition coefficient (Wildman–Crippen LogP) is 18.4. The molecule has 0 saturated carbocycles. The van der Waals surface area contributed by atoms with E-state index in [2.05, 4.69) is 156 Å². The second-order valence-corrected chi connectivity index (χ2v) is 24.8. The fourth-order valence-electron chi connectivity index (χ4n) is 9.65. The molecule has 0 spiro atoms. The van der Waals surface area contributed by atoms with Gasteiger partial charge in [0.05, 0.1) is 21.8 Å². The van der Waals surface area contributed by atoms with Crippen LogP contribution in [0.4, 0.5) is 5.69 Å². The third-order valence-corrected chi connectivity index (χ3v) is 16.5. The fourth-order valence-corrected chi connectivity index (χ4v) is 10.7. The largest absolute Gasteiger partial charge is 0.399 e. The first-order chi connectivity index (χ1) is 41.4. The number of aromatic nitrogens is 1. The van der Waals surface area contributed by atoms with Crippen molar-refractivity contribution >= 4 is 28.7 Å². The van der Waals surface area contributed by atoms with Crippen LogP contribution in [0.15, 0.2) is 242 Å². The molecular formula is C76H74N3O6PS. The zero-order valence-electron chi connectivity index (χ0n) is 50.9. The minimum Gasteiger partial charge on any atom is -0.399 e. The van der Waals surface area contributed by atoms with E-state index in [0.29, 0.717) is 5.56 Å². The van der Waals surface area contributed by atoms with Gasteiger partial charge in [0.1, 0.15) is 0 Å². The van der Waals surface area contributed by atoms with Gasteiger partial charge in [-0.2, -0.15) is 13.7 Å². The molecule has 1 heterocycles. The Kier molecular flexibility index (Phi) is 22.3. The lowest BCUT2D eigenvalue weighted by Gasteiger charge is -2.09. The average Bonchev–Trinajstić information content (AvgIpc) is 2.22. The number of benzene rings is 10. The molecule has 11 aromatic rings. The van der Waals surface area contributed by atoms with Crippen LogP contribution in [0.25, 0.3) is 66.8 Å². The summed E-state index contributed by atoms with van der Waals surface area (Å²) in [6, 6.07) is 75.1. The lowest BCUT2D eigenvalue weighted by Crippen LogP contribution is -2.02. The SMILES string of the molecule is Cc1ccc(C)c(-c2ccc(-c3ccncc3)cc2)c1.Cc1ccc(C)c(-c2ccc(C#N)cc2)c1.Cc1ccc(C)c(-c2ccc(N)cc2)c1.Cc1ccc(C)c(-c2ccc(P(=O)(O)O)cc2)c1.Cc1ccc(C)c(-c2ccc(S(=O)(=O)O)cc2)c1. The summed E-state index contributed by atoms with van der Waals surface area (Å²) < 4.78 is 41.9. The second-order valence-electron chi connectivity index (χ2n) is 21.8. The molecule has 10 aromatic carbocycles. The number of aryl methyl sites for hydroxylation is 10. The van der Waals surface area contributed by atoms with Gasteiger partial charge in [-0.05, 0) is 224 Å². The normalized spacial score (nSPS) is 10.8. The van der Waals surface area contributed by atoms with Gasteiger partial charge in [0, 0.05) is 18.1 Å². The van der Waals surface area contributed by atoms with Crippen molar-refractivity contribution in [3.63, 3.8) is 0 Å². The molecule has 0 amide bonds. The van der Waals surface area contributed by atoms with E-state index >= 15 is 0 Å². The Morgan fingerprint density at radius 1 is 0.379 bits per heavy atom. The van der Waals surface area contributed by atoms with Crippen LogP contribution in [0.2, 0.25) is 0 Å². The molecule has 0 atom stereocenters. The smallest absolute Gasteiger partial charge is 0.356 e. The van der Waals surface area contributed by atoms with E-state index in [-0.39, 0.29) is 10.2 Å². The van der Waals surface area contributed by atoms with Crippen molar-refractivity contribution in [1.29, 1.82) is 5.26 Å². The minimum atomic E-state index is -4.15. The molecule has 0 unspecified atom stereocenters. The van der Waals surface area contributed by atoms with Crippen LogP contribution in [0, 0.1) is 80.6 Å². The first kappa shape index (κ1) is 65.2. The Bertz CT molecular complexity index is 4330. The maximum absolute atomic E-state index is 11.1. The molecule has 0 fully saturated rings. The summed E-state index contributed by atoms with van der Waals surface area (Å²) in [6.07, 6.45) is 3.65. The number of nitrogen functional groups attached to an aromatic ring is 1. The Morgan fingerprint density at radius 3 is 0.943 bits per heavy atom. The standard InChI is InChI=1S/C19H17N.C15H13N.C14H15N.C14H15O3P.C14H14O3S/c1-14-3-4-15(2)19(13-14)18-7-5-16(6-8-18)17-9-11-20-12-10-17;1-11-3-4-12(2)15(9-11)14-7-5-13(10-16)6-8-14;1-10-3-4-11(2)14(9-10)12-5-7-13(15)8-6-12;2*1-10-3-4-11(2)14(9-10)12-5-7-13(8-6-12)18(15,16)17/h3-13H,1-2H3;3-9H,1-2H3;3-9H,15H2,1-2H3;3-9H,1-2H3,(H2,15,16,17);3-9H,1-2H3,(H,15,16,17). The van der Waals surface area contributed by atoms with Gasteiger partial charge >= 0.3 is 7.60 Å². The van der Waals surface area contributed by atoms with Gasteiger partial charge in [-0.25, -0.2) is 0 Å². The zero-order valence-corrected chi connectivity index (χ0v) is 52.6. The third-order valence-electron chi connectivity index (χ3n) is 14.7. The Morgan fingerprint density at radius 2 is 0.644 bits per heavy atom. The maximum atomic E-state index is 11.1. The highest BCUT2D eigenvalue weighted by molar-refractivity contribution is 7.85. The van der Waals surface area contributed by atoms with Crippen molar-refractivity contribution in [2.45, 2.75) is 74.1 Å². The highest BCUT2D eigenvalue weighted by atomic mass is 32.2. The number of anilines is 1. The molecular weight excluding hydrogens is 1110 g/mol. The van der Waals surface area contributed by atoms with Gasteiger partial charge in [-0.3, -0.25) is 14.1 Å². The van der Waals surface area contributed by atoms with Crippen LogP contribution < -0.4 is 11.0 Å². The second kappa shape index (κ2) is 29.7. The van der Waals surface area contributed by atoms with Crippen LogP contribution in [0.3, 0.4) is 0 Å². The molecule has 1 aromatic heterocycles. The van der Waals surface area contributed by atoms with Gasteiger partial charge < -0.3 is 15.5 Å². The molecule has 0 aliphatic rings. The molecule has 0 saturated heterocycles. The van der Waals surface area contributed by atoms with E-state index in [1.165, 1.54) is 102 Å². The van der Waals surface area contributed by atoms with Crippen molar-refractivity contribution in [2.24, 2.45) is 0 Å². The van der Waals surface area contributed by atoms with E-state index in [0.717, 1.165) is 50.2 Å². The lowest BCUT2D eigenvalue weighted by molar-refractivity contribution is 0.387. The number of hydrogen-bond acceptors (Lipinski definition) is 6. The maximum Gasteiger partial charge on any atom is 0.356 e. The van der Waals surface area contributed by atoms with Gasteiger partial charge in [-0.15, -0.1) is 0 Å². The number of hydrogen-bond donors (Lipinski definition) is 4. The summed E-state index contributed by atoms with van der Waals surface area (Å²) in [5, 5.41) is 8.80. The first-order valence-corrected chi connectivity index (χ1v) is 31.4. The van der Waals surface area contributed by atoms with E-state index < -0.39 is 17.7 Å². The molecule has 11 heteroatoms. The highest BCUT2D eigenvalue weighted by Gasteiger charge is 2.17. The molecule has 11 rings (SSSR count). The van der Waals surface area contributed by atoms with Crippen molar-refractivity contribution in [3.8, 4) is 72.8 Å².